The van der Waals surface area contributed by atoms with Gasteiger partial charge in [0.2, 0.25) is 0 Å². The second-order valence-corrected chi connectivity index (χ2v) is 3.42. The predicted molar refractivity (Wildman–Crippen MR) is 38.7 cm³/mol. The van der Waals surface area contributed by atoms with Gasteiger partial charge in [0.1, 0.15) is 25.8 Å². The molecule has 0 bridgehead atoms. The van der Waals surface area contributed by atoms with Crippen LogP contribution >= 0.6 is 0 Å². The third-order valence-corrected chi connectivity index (χ3v) is 2.29. The van der Waals surface area contributed by atoms with E-state index >= 15 is 0 Å². The van der Waals surface area contributed by atoms with E-state index in [1.165, 1.54) is 0 Å². The highest BCUT2D eigenvalue weighted by molar-refractivity contribution is 4.64. The predicted octanol–water partition coefficient (Wildman–Crippen LogP) is -0.546. The molecule has 1 fully saturated rings. The quantitative estimate of drug-likeness (QED) is 0.542. The molecule has 0 radical (unpaired) electrons. The van der Waals surface area contributed by atoms with Crippen molar-refractivity contribution in [3.8, 4) is 0 Å². The van der Waals surface area contributed by atoms with E-state index in [1.807, 2.05) is 0 Å². The first-order valence-electron chi connectivity index (χ1n) is 3.68. The lowest BCUT2D eigenvalue weighted by Gasteiger charge is -2.42. The zero-order valence-corrected chi connectivity index (χ0v) is 6.71. The zero-order chi connectivity index (χ0) is 7.61. The molecule has 0 spiro atoms. The van der Waals surface area contributed by atoms with Gasteiger partial charge in [-0.05, 0) is 0 Å². The molecule has 1 saturated heterocycles. The average Bonchev–Trinajstić information content (AvgIpc) is 1.56. The molecule has 3 heteroatoms. The van der Waals surface area contributed by atoms with Crippen LogP contribution in [0.5, 0.6) is 0 Å². The summed E-state index contributed by atoms with van der Waals surface area (Å²) in [6.45, 7) is 2.80. The Balaban J connectivity index is 2.33. The van der Waals surface area contributed by atoms with E-state index in [2.05, 4.69) is 14.1 Å². The van der Waals surface area contributed by atoms with Gasteiger partial charge in [-0.15, -0.1) is 0 Å². The summed E-state index contributed by atoms with van der Waals surface area (Å²) in [6, 6.07) is 0.604. The number of quaternary nitrogens is 1. The summed E-state index contributed by atoms with van der Waals surface area (Å²) in [4.78, 5) is 0. The Kier molecular flexibility index (Phi) is 2.28. The first-order valence-corrected chi connectivity index (χ1v) is 3.68. The molecule has 1 aliphatic heterocycles. The first kappa shape index (κ1) is 7.98. The van der Waals surface area contributed by atoms with Crippen LogP contribution in [0, 0.1) is 0 Å². The van der Waals surface area contributed by atoms with E-state index < -0.39 is 0 Å². The Morgan fingerprint density at radius 1 is 1.50 bits per heavy atom. The maximum atomic E-state index is 8.71. The van der Waals surface area contributed by atoms with E-state index in [1.54, 1.807) is 0 Å². The summed E-state index contributed by atoms with van der Waals surface area (Å²) < 4.78 is 5.96. The fourth-order valence-electron chi connectivity index (χ4n) is 1.07. The summed E-state index contributed by atoms with van der Waals surface area (Å²) in [5, 5.41) is 8.71. The largest absolute Gasteiger partial charge is 0.391 e. The smallest absolute Gasteiger partial charge is 0.136 e. The van der Waals surface area contributed by atoms with E-state index in [9.17, 15) is 0 Å². The molecule has 10 heavy (non-hydrogen) atoms. The second kappa shape index (κ2) is 2.86. The van der Waals surface area contributed by atoms with Crippen LogP contribution in [0.1, 0.15) is 0 Å². The highest BCUT2D eigenvalue weighted by Gasteiger charge is 2.34. The molecule has 0 atom stereocenters. The molecule has 1 heterocycles. The number of ether oxygens (including phenoxy) is 1. The third kappa shape index (κ3) is 1.48. The molecule has 0 aromatic carbocycles. The minimum atomic E-state index is 0.267. The van der Waals surface area contributed by atoms with E-state index in [4.69, 9.17) is 9.84 Å². The summed E-state index contributed by atoms with van der Waals surface area (Å²) in [5.41, 5.74) is 0. The average molecular weight is 146 g/mol. The molecule has 1 rings (SSSR count). The zero-order valence-electron chi connectivity index (χ0n) is 6.71. The van der Waals surface area contributed by atoms with Crippen molar-refractivity contribution in [3.63, 3.8) is 0 Å². The number of hydrogen-bond acceptors (Lipinski definition) is 2. The Labute approximate surface area is 61.8 Å². The van der Waals surface area contributed by atoms with E-state index in [-0.39, 0.29) is 6.61 Å². The molecule has 0 amide bonds. The van der Waals surface area contributed by atoms with Crippen LogP contribution in [0.3, 0.4) is 0 Å². The molecule has 0 saturated carbocycles. The van der Waals surface area contributed by atoms with Crippen molar-refractivity contribution >= 4 is 0 Å². The second-order valence-electron chi connectivity index (χ2n) is 3.42. The van der Waals surface area contributed by atoms with Gasteiger partial charge in [-0.2, -0.15) is 0 Å². The standard InChI is InChI=1S/C7H16NO2/c1-8(2,3-4-9)7-5-10-6-7/h7,9H,3-6H2,1-2H3/q+1. The molecule has 0 aliphatic carbocycles. The summed E-state index contributed by atoms with van der Waals surface area (Å²) in [5.74, 6) is 0. The van der Waals surface area contributed by atoms with Crippen LogP contribution in [0.4, 0.5) is 0 Å². The normalized spacial score (nSPS) is 20.7. The lowest BCUT2D eigenvalue weighted by Crippen LogP contribution is -2.59. The van der Waals surface area contributed by atoms with Crippen LogP contribution in [-0.4, -0.2) is 56.1 Å². The number of aliphatic hydroxyl groups excluding tert-OH is 1. The summed E-state index contributed by atoms with van der Waals surface area (Å²) in [7, 11) is 4.26. The fourth-order valence-corrected chi connectivity index (χ4v) is 1.07. The molecule has 60 valence electrons. The monoisotopic (exact) mass is 146 g/mol. The van der Waals surface area contributed by atoms with Gasteiger partial charge in [0.15, 0.2) is 0 Å². The Morgan fingerprint density at radius 3 is 2.40 bits per heavy atom. The van der Waals surface area contributed by atoms with Crippen molar-refractivity contribution < 1.29 is 14.3 Å². The minimum absolute atomic E-state index is 0.267. The SMILES string of the molecule is C[N+](C)(CCO)C1COC1. The molecule has 1 aliphatic rings. The molecular formula is C7H16NO2+. The number of rotatable bonds is 3. The van der Waals surface area contributed by atoms with Gasteiger partial charge in [0.25, 0.3) is 0 Å². The van der Waals surface area contributed by atoms with Gasteiger partial charge < -0.3 is 14.3 Å². The number of nitrogens with zero attached hydrogens (tertiary/aromatic N) is 1. The summed E-state index contributed by atoms with van der Waals surface area (Å²) >= 11 is 0. The molecule has 3 nitrogen and oxygen atoms in total. The molecule has 1 N–H and O–H groups in total. The van der Waals surface area contributed by atoms with Crippen LogP contribution in [-0.2, 0) is 4.74 Å². The highest BCUT2D eigenvalue weighted by Crippen LogP contribution is 2.14. The van der Waals surface area contributed by atoms with Crippen LogP contribution in [0.2, 0.25) is 0 Å². The highest BCUT2D eigenvalue weighted by atomic mass is 16.5. The molecular weight excluding hydrogens is 130 g/mol. The van der Waals surface area contributed by atoms with Gasteiger partial charge in [0, 0.05) is 0 Å². The number of aliphatic hydroxyl groups is 1. The van der Waals surface area contributed by atoms with Gasteiger partial charge in [0.05, 0.1) is 20.7 Å². The van der Waals surface area contributed by atoms with Gasteiger partial charge in [-0.3, -0.25) is 0 Å². The molecule has 0 aromatic heterocycles. The van der Waals surface area contributed by atoms with E-state index in [0.29, 0.717) is 6.04 Å². The maximum Gasteiger partial charge on any atom is 0.136 e. The Morgan fingerprint density at radius 2 is 2.10 bits per heavy atom. The maximum absolute atomic E-state index is 8.71. The van der Waals surface area contributed by atoms with Crippen molar-refractivity contribution in [2.75, 3.05) is 40.5 Å². The Hall–Kier alpha value is -0.120. The van der Waals surface area contributed by atoms with Crippen molar-refractivity contribution in [1.29, 1.82) is 0 Å². The number of likely N-dealkylation sites (N-methyl/N-ethyl adjacent to an activating group) is 1. The van der Waals surface area contributed by atoms with E-state index in [0.717, 1.165) is 24.2 Å². The topological polar surface area (TPSA) is 29.5 Å². The fraction of sp³-hybridized carbons (Fsp3) is 1.00. The number of hydrogen-bond donors (Lipinski definition) is 1. The van der Waals surface area contributed by atoms with Crippen molar-refractivity contribution in [3.05, 3.63) is 0 Å². The third-order valence-electron chi connectivity index (χ3n) is 2.29. The van der Waals surface area contributed by atoms with Crippen LogP contribution in [0.25, 0.3) is 0 Å². The lowest BCUT2D eigenvalue weighted by atomic mass is 10.2. The minimum Gasteiger partial charge on any atom is -0.391 e. The van der Waals surface area contributed by atoms with Crippen molar-refractivity contribution in [2.24, 2.45) is 0 Å². The van der Waals surface area contributed by atoms with Crippen LogP contribution < -0.4 is 0 Å². The Bertz CT molecular complexity index is 110. The van der Waals surface area contributed by atoms with Crippen molar-refractivity contribution in [2.45, 2.75) is 6.04 Å². The van der Waals surface area contributed by atoms with Crippen molar-refractivity contribution in [1.82, 2.24) is 0 Å². The van der Waals surface area contributed by atoms with Crippen LogP contribution in [0.15, 0.2) is 0 Å². The lowest BCUT2D eigenvalue weighted by molar-refractivity contribution is -0.924. The summed E-state index contributed by atoms with van der Waals surface area (Å²) in [6.07, 6.45) is 0. The van der Waals surface area contributed by atoms with Gasteiger partial charge in [-0.1, -0.05) is 0 Å². The molecule has 0 aromatic rings. The molecule has 0 unspecified atom stereocenters. The first-order chi connectivity index (χ1) is 4.67. The van der Waals surface area contributed by atoms with Gasteiger partial charge in [-0.25, -0.2) is 0 Å². The van der Waals surface area contributed by atoms with Gasteiger partial charge >= 0.3 is 0 Å².